The molecule has 0 saturated carbocycles. The van der Waals surface area contributed by atoms with E-state index in [2.05, 4.69) is 33.5 Å². The van der Waals surface area contributed by atoms with Gasteiger partial charge in [-0.15, -0.1) is 34.6 Å². The second-order valence-electron chi connectivity index (χ2n) is 6.67. The summed E-state index contributed by atoms with van der Waals surface area (Å²) in [6.07, 6.45) is 0. The minimum Gasteiger partial charge on any atom is -0.477 e. The van der Waals surface area contributed by atoms with E-state index in [1.54, 1.807) is 24.3 Å². The molecule has 4 rings (SSSR count). The Labute approximate surface area is 195 Å². The summed E-state index contributed by atoms with van der Waals surface area (Å²) >= 11 is 8.46. The van der Waals surface area contributed by atoms with Crippen LogP contribution >= 0.6 is 47.5 Å². The van der Waals surface area contributed by atoms with E-state index in [9.17, 15) is 19.5 Å². The highest BCUT2D eigenvalue weighted by atomic mass is 32.2. The number of carboxylic acids is 1. The molecule has 3 N–H and O–H groups in total. The van der Waals surface area contributed by atoms with Crippen molar-refractivity contribution in [2.75, 3.05) is 16.8 Å². The van der Waals surface area contributed by atoms with Crippen LogP contribution in [0.5, 0.6) is 0 Å². The third-order valence-corrected chi connectivity index (χ3v) is 8.24. The molecule has 1 saturated heterocycles. The Morgan fingerprint density at radius 1 is 1.32 bits per heavy atom. The monoisotopic (exact) mass is 495 g/mol. The molecular formula is C18H17N5O4S4. The minimum absolute atomic E-state index is 0.00897. The summed E-state index contributed by atoms with van der Waals surface area (Å²) in [4.78, 5) is 38.9. The molecule has 13 heteroatoms. The van der Waals surface area contributed by atoms with Gasteiger partial charge in [-0.05, 0) is 36.8 Å². The summed E-state index contributed by atoms with van der Waals surface area (Å²) in [5, 5.41) is 23.4. The number of aliphatic carboxylic acids is 1. The Balaban J connectivity index is 1.42. The molecule has 0 spiro atoms. The number of nitrogens with zero attached hydrogens (tertiary/aromatic N) is 3. The van der Waals surface area contributed by atoms with Gasteiger partial charge >= 0.3 is 12.0 Å². The molecule has 0 radical (unpaired) electrons. The molecule has 9 nitrogen and oxygen atoms in total. The third kappa shape index (κ3) is 4.68. The van der Waals surface area contributed by atoms with E-state index in [-0.39, 0.29) is 5.70 Å². The fourth-order valence-corrected chi connectivity index (χ4v) is 6.58. The zero-order valence-electron chi connectivity index (χ0n) is 16.1. The number of amides is 3. The zero-order valence-corrected chi connectivity index (χ0v) is 19.4. The third-order valence-electron chi connectivity index (χ3n) is 4.54. The van der Waals surface area contributed by atoms with Crippen LogP contribution in [0, 0.1) is 6.92 Å². The number of anilines is 1. The first-order chi connectivity index (χ1) is 14.8. The number of rotatable bonds is 6. The standard InChI is InChI=1S/C18H17N5O4S4/c1-8-21-22-18(31-8)30-7-9-6-29-15-12(14(24)23(15)13(9)16(25)26)20-17(27)19-10-2-4-11(28)5-3-10/h2-5,12,15,28H,6-7H2,1H3,(H,25,26)(H2,19,20,27)/t12?,15-/m1/s1. The Kier molecular flexibility index (Phi) is 6.46. The van der Waals surface area contributed by atoms with Crippen LogP contribution in [0.2, 0.25) is 0 Å². The largest absolute Gasteiger partial charge is 0.477 e. The van der Waals surface area contributed by atoms with Gasteiger partial charge < -0.3 is 15.7 Å². The lowest BCUT2D eigenvalue weighted by molar-refractivity contribution is -0.148. The van der Waals surface area contributed by atoms with Gasteiger partial charge in [-0.3, -0.25) is 9.69 Å². The molecule has 0 bridgehead atoms. The van der Waals surface area contributed by atoms with Crippen LogP contribution in [0.15, 0.2) is 44.8 Å². The summed E-state index contributed by atoms with van der Waals surface area (Å²) in [6, 6.07) is 5.54. The highest BCUT2D eigenvalue weighted by Crippen LogP contribution is 2.41. The predicted molar refractivity (Wildman–Crippen MR) is 123 cm³/mol. The lowest BCUT2D eigenvalue weighted by Gasteiger charge is -2.49. The van der Waals surface area contributed by atoms with Gasteiger partial charge in [0.1, 0.15) is 22.1 Å². The number of β-lactam (4-membered cyclic amide) rings is 1. The van der Waals surface area contributed by atoms with Crippen LogP contribution in [-0.2, 0) is 9.59 Å². The topological polar surface area (TPSA) is 125 Å². The van der Waals surface area contributed by atoms with Crippen LogP contribution in [-0.4, -0.2) is 61.0 Å². The van der Waals surface area contributed by atoms with Crippen molar-refractivity contribution in [1.29, 1.82) is 0 Å². The maximum atomic E-state index is 12.7. The van der Waals surface area contributed by atoms with Gasteiger partial charge in [-0.2, -0.15) is 0 Å². The molecule has 2 aliphatic heterocycles. The number of carbonyl (C=O) groups is 3. The number of carboxylic acid groups (broad SMARTS) is 1. The summed E-state index contributed by atoms with van der Waals surface area (Å²) < 4.78 is 0.749. The van der Waals surface area contributed by atoms with Crippen molar-refractivity contribution in [3.8, 4) is 0 Å². The molecule has 162 valence electrons. The van der Waals surface area contributed by atoms with Crippen molar-refractivity contribution in [3.63, 3.8) is 0 Å². The molecule has 2 aromatic rings. The predicted octanol–water partition coefficient (Wildman–Crippen LogP) is 2.67. The number of thiol groups is 1. The first-order valence-corrected chi connectivity index (χ1v) is 12.3. The first-order valence-electron chi connectivity index (χ1n) is 9.03. The quantitative estimate of drug-likeness (QED) is 0.274. The van der Waals surface area contributed by atoms with Gasteiger partial charge in [0.25, 0.3) is 5.91 Å². The molecule has 2 aliphatic rings. The smallest absolute Gasteiger partial charge is 0.352 e. The molecule has 3 amide bonds. The highest BCUT2D eigenvalue weighted by molar-refractivity contribution is 8.01. The van der Waals surface area contributed by atoms with E-state index in [0.29, 0.717) is 22.8 Å². The van der Waals surface area contributed by atoms with Gasteiger partial charge in [0.05, 0.1) is 0 Å². The first kappa shape index (κ1) is 22.0. The summed E-state index contributed by atoms with van der Waals surface area (Å²) in [6.45, 7) is 1.85. The van der Waals surface area contributed by atoms with E-state index in [0.717, 1.165) is 14.2 Å². The fourth-order valence-electron chi connectivity index (χ4n) is 3.13. The number of thioether (sulfide) groups is 2. The molecule has 3 heterocycles. The number of fused-ring (bicyclic) bond motifs is 1. The normalized spacial score (nSPS) is 20.2. The van der Waals surface area contributed by atoms with Crippen LogP contribution in [0.4, 0.5) is 10.5 Å². The number of benzene rings is 1. The number of carbonyl (C=O) groups excluding carboxylic acids is 2. The average molecular weight is 496 g/mol. The van der Waals surface area contributed by atoms with E-state index >= 15 is 0 Å². The van der Waals surface area contributed by atoms with E-state index < -0.39 is 29.3 Å². The minimum atomic E-state index is -1.16. The SMILES string of the molecule is Cc1nnc(SCC2=C(C(=O)O)N3C(=O)C(NC(=O)Nc4ccc(S)cc4)[C@H]3SC2)s1. The molecule has 1 unspecified atom stereocenters. The van der Waals surface area contributed by atoms with Gasteiger partial charge in [0.2, 0.25) is 0 Å². The molecule has 1 aromatic carbocycles. The van der Waals surface area contributed by atoms with Gasteiger partial charge in [0.15, 0.2) is 4.34 Å². The fraction of sp³-hybridized carbons (Fsp3) is 0.278. The lowest BCUT2D eigenvalue weighted by atomic mass is 10.0. The van der Waals surface area contributed by atoms with Crippen molar-refractivity contribution in [2.24, 2.45) is 0 Å². The Morgan fingerprint density at radius 2 is 2.06 bits per heavy atom. The number of urea groups is 1. The average Bonchev–Trinajstić information content (AvgIpc) is 3.16. The lowest BCUT2D eigenvalue weighted by Crippen LogP contribution is -2.71. The summed E-state index contributed by atoms with van der Waals surface area (Å²) in [5.41, 5.74) is 1.20. The molecule has 1 fully saturated rings. The number of hydrogen-bond donors (Lipinski definition) is 4. The van der Waals surface area contributed by atoms with Gasteiger partial charge in [-0.1, -0.05) is 23.1 Å². The van der Waals surface area contributed by atoms with E-state index in [1.807, 2.05) is 6.92 Å². The van der Waals surface area contributed by atoms with Gasteiger partial charge in [0, 0.05) is 22.1 Å². The van der Waals surface area contributed by atoms with Crippen LogP contribution in [0.25, 0.3) is 0 Å². The summed E-state index contributed by atoms with van der Waals surface area (Å²) in [7, 11) is 0. The molecule has 31 heavy (non-hydrogen) atoms. The van der Waals surface area contributed by atoms with Crippen LogP contribution in [0.1, 0.15) is 5.01 Å². The maximum absolute atomic E-state index is 12.7. The Hall–Kier alpha value is -2.22. The zero-order chi connectivity index (χ0) is 22.1. The van der Waals surface area contributed by atoms with Crippen molar-refractivity contribution in [3.05, 3.63) is 40.5 Å². The Bertz CT molecular complexity index is 1070. The number of aromatic nitrogens is 2. The van der Waals surface area contributed by atoms with Crippen molar-refractivity contribution in [2.45, 2.75) is 27.6 Å². The molecule has 1 aromatic heterocycles. The second-order valence-corrected chi connectivity index (χ2v) is 10.7. The van der Waals surface area contributed by atoms with Crippen LogP contribution < -0.4 is 10.6 Å². The summed E-state index contributed by atoms with van der Waals surface area (Å²) in [5.74, 6) is -0.744. The molecule has 2 atom stereocenters. The van der Waals surface area contributed by atoms with Crippen molar-refractivity contribution >= 4 is 71.1 Å². The van der Waals surface area contributed by atoms with E-state index in [1.165, 1.54) is 39.8 Å². The molecule has 0 aliphatic carbocycles. The second kappa shape index (κ2) is 9.10. The number of hydrogen-bond acceptors (Lipinski definition) is 9. The van der Waals surface area contributed by atoms with Crippen molar-refractivity contribution in [1.82, 2.24) is 20.4 Å². The number of nitrogens with one attached hydrogen (secondary N) is 2. The highest BCUT2D eigenvalue weighted by Gasteiger charge is 2.54. The number of aryl methyl sites for hydroxylation is 1. The van der Waals surface area contributed by atoms with Crippen molar-refractivity contribution < 1.29 is 19.5 Å². The maximum Gasteiger partial charge on any atom is 0.352 e. The van der Waals surface area contributed by atoms with Crippen LogP contribution in [0.3, 0.4) is 0 Å². The van der Waals surface area contributed by atoms with Gasteiger partial charge in [-0.25, -0.2) is 9.59 Å². The van der Waals surface area contributed by atoms with E-state index in [4.69, 9.17) is 0 Å². The Morgan fingerprint density at radius 3 is 2.71 bits per heavy atom. The molecular weight excluding hydrogens is 478 g/mol.